The third kappa shape index (κ3) is 2.51. The zero-order valence-electron chi connectivity index (χ0n) is 9.55. The summed E-state index contributed by atoms with van der Waals surface area (Å²) >= 11 is 0. The van der Waals surface area contributed by atoms with Crippen molar-refractivity contribution in [2.75, 3.05) is 5.32 Å². The third-order valence-electron chi connectivity index (χ3n) is 2.51. The van der Waals surface area contributed by atoms with Gasteiger partial charge in [-0.25, -0.2) is 0 Å². The second-order valence-electron chi connectivity index (χ2n) is 3.70. The van der Waals surface area contributed by atoms with Crippen molar-refractivity contribution in [1.82, 2.24) is 9.78 Å². The van der Waals surface area contributed by atoms with E-state index in [1.54, 1.807) is 36.1 Å². The van der Waals surface area contributed by atoms with Gasteiger partial charge in [-0.2, -0.15) is 5.10 Å². The largest absolute Gasteiger partial charge is 0.326 e. The van der Waals surface area contributed by atoms with Crippen LogP contribution in [0.4, 0.5) is 5.82 Å². The number of anilines is 1. The topological polar surface area (TPSA) is 72.9 Å². The first-order valence-electron chi connectivity index (χ1n) is 5.29. The maximum Gasteiger partial charge on any atom is 0.256 e. The SMILES string of the molecule is Cn1nccc1NC(=O)c1ccc(CN)cc1. The smallest absolute Gasteiger partial charge is 0.256 e. The lowest BCUT2D eigenvalue weighted by Crippen LogP contribution is -2.14. The van der Waals surface area contributed by atoms with Crippen molar-refractivity contribution in [2.24, 2.45) is 12.8 Å². The van der Waals surface area contributed by atoms with Crippen molar-refractivity contribution in [1.29, 1.82) is 0 Å². The van der Waals surface area contributed by atoms with E-state index in [1.807, 2.05) is 12.1 Å². The van der Waals surface area contributed by atoms with Gasteiger partial charge in [0, 0.05) is 25.2 Å². The number of nitrogens with zero attached hydrogens (tertiary/aromatic N) is 2. The van der Waals surface area contributed by atoms with Crippen LogP contribution in [-0.2, 0) is 13.6 Å². The van der Waals surface area contributed by atoms with Gasteiger partial charge in [0.25, 0.3) is 5.91 Å². The van der Waals surface area contributed by atoms with Crippen molar-refractivity contribution in [3.05, 3.63) is 47.7 Å². The Bertz CT molecular complexity index is 516. The van der Waals surface area contributed by atoms with E-state index < -0.39 is 0 Å². The van der Waals surface area contributed by atoms with Crippen molar-refractivity contribution in [2.45, 2.75) is 6.54 Å². The normalized spacial score (nSPS) is 10.2. The van der Waals surface area contributed by atoms with Gasteiger partial charge in [0.1, 0.15) is 5.82 Å². The lowest BCUT2D eigenvalue weighted by Gasteiger charge is -2.05. The number of nitrogens with one attached hydrogen (secondary N) is 1. The first-order chi connectivity index (χ1) is 8.20. The molecule has 1 amide bonds. The van der Waals surface area contributed by atoms with E-state index in [1.165, 1.54) is 0 Å². The Hall–Kier alpha value is -2.14. The Morgan fingerprint density at radius 2 is 2.06 bits per heavy atom. The molecular weight excluding hydrogens is 216 g/mol. The second kappa shape index (κ2) is 4.80. The summed E-state index contributed by atoms with van der Waals surface area (Å²) in [5.74, 6) is 0.509. The molecule has 5 nitrogen and oxygen atoms in total. The molecule has 0 spiro atoms. The molecule has 0 atom stereocenters. The van der Waals surface area contributed by atoms with Crippen LogP contribution < -0.4 is 11.1 Å². The van der Waals surface area contributed by atoms with E-state index in [-0.39, 0.29) is 5.91 Å². The minimum atomic E-state index is -0.155. The minimum absolute atomic E-state index is 0.155. The second-order valence-corrected chi connectivity index (χ2v) is 3.70. The van der Waals surface area contributed by atoms with Crippen LogP contribution in [0, 0.1) is 0 Å². The number of carbonyl (C=O) groups excluding carboxylic acids is 1. The summed E-state index contributed by atoms with van der Waals surface area (Å²) in [7, 11) is 1.77. The van der Waals surface area contributed by atoms with Crippen LogP contribution in [0.25, 0.3) is 0 Å². The lowest BCUT2D eigenvalue weighted by molar-refractivity contribution is 0.102. The Balaban J connectivity index is 2.12. The van der Waals surface area contributed by atoms with Gasteiger partial charge in [0.2, 0.25) is 0 Å². The molecule has 0 radical (unpaired) electrons. The summed E-state index contributed by atoms with van der Waals surface area (Å²) in [6.45, 7) is 0.476. The fraction of sp³-hybridized carbons (Fsp3) is 0.167. The van der Waals surface area contributed by atoms with Crippen LogP contribution >= 0.6 is 0 Å². The molecule has 3 N–H and O–H groups in total. The maximum absolute atomic E-state index is 11.9. The molecule has 0 unspecified atom stereocenters. The van der Waals surface area contributed by atoms with Gasteiger partial charge < -0.3 is 11.1 Å². The average molecular weight is 230 g/mol. The van der Waals surface area contributed by atoms with E-state index in [9.17, 15) is 4.79 Å². The van der Waals surface area contributed by atoms with Crippen molar-refractivity contribution >= 4 is 11.7 Å². The van der Waals surface area contributed by atoms with Gasteiger partial charge >= 0.3 is 0 Å². The van der Waals surface area contributed by atoms with Crippen LogP contribution in [0.1, 0.15) is 15.9 Å². The Kier molecular flexibility index (Phi) is 3.20. The molecule has 5 heteroatoms. The predicted octanol–water partition coefficient (Wildman–Crippen LogP) is 1.13. The third-order valence-corrected chi connectivity index (χ3v) is 2.51. The monoisotopic (exact) mass is 230 g/mol. The molecule has 0 bridgehead atoms. The molecule has 0 saturated carbocycles. The molecule has 1 aromatic carbocycles. The zero-order chi connectivity index (χ0) is 12.3. The minimum Gasteiger partial charge on any atom is -0.326 e. The number of hydrogen-bond donors (Lipinski definition) is 2. The number of benzene rings is 1. The number of carbonyl (C=O) groups is 1. The Morgan fingerprint density at radius 3 is 2.59 bits per heavy atom. The highest BCUT2D eigenvalue weighted by molar-refractivity contribution is 6.03. The maximum atomic E-state index is 11.9. The summed E-state index contributed by atoms with van der Waals surface area (Å²) in [6, 6.07) is 8.95. The number of hydrogen-bond acceptors (Lipinski definition) is 3. The first kappa shape index (κ1) is 11.3. The van der Waals surface area contributed by atoms with Crippen LogP contribution in [0.3, 0.4) is 0 Å². The van der Waals surface area contributed by atoms with Crippen LogP contribution in [-0.4, -0.2) is 15.7 Å². The molecular formula is C12H14N4O. The first-order valence-corrected chi connectivity index (χ1v) is 5.29. The van der Waals surface area contributed by atoms with E-state index in [2.05, 4.69) is 10.4 Å². The fourth-order valence-corrected chi connectivity index (χ4v) is 1.48. The molecule has 1 heterocycles. The van der Waals surface area contributed by atoms with Gasteiger partial charge in [-0.1, -0.05) is 12.1 Å². The highest BCUT2D eigenvalue weighted by atomic mass is 16.1. The summed E-state index contributed by atoms with van der Waals surface area (Å²) in [4.78, 5) is 11.9. The van der Waals surface area contributed by atoms with E-state index in [0.29, 0.717) is 17.9 Å². The van der Waals surface area contributed by atoms with Crippen molar-refractivity contribution < 1.29 is 4.79 Å². The summed E-state index contributed by atoms with van der Waals surface area (Å²) < 4.78 is 1.60. The average Bonchev–Trinajstić information content (AvgIpc) is 2.75. The Labute approximate surface area is 99.2 Å². The lowest BCUT2D eigenvalue weighted by atomic mass is 10.1. The van der Waals surface area contributed by atoms with E-state index in [0.717, 1.165) is 5.56 Å². The zero-order valence-corrected chi connectivity index (χ0v) is 9.55. The fourth-order valence-electron chi connectivity index (χ4n) is 1.48. The quantitative estimate of drug-likeness (QED) is 0.830. The van der Waals surface area contributed by atoms with Gasteiger partial charge in [0.05, 0.1) is 6.20 Å². The van der Waals surface area contributed by atoms with Crippen LogP contribution in [0.5, 0.6) is 0 Å². The molecule has 1 aromatic heterocycles. The van der Waals surface area contributed by atoms with Crippen molar-refractivity contribution in [3.8, 4) is 0 Å². The van der Waals surface area contributed by atoms with E-state index in [4.69, 9.17) is 5.73 Å². The van der Waals surface area contributed by atoms with Gasteiger partial charge in [-0.15, -0.1) is 0 Å². The molecule has 17 heavy (non-hydrogen) atoms. The Morgan fingerprint density at radius 1 is 1.35 bits per heavy atom. The molecule has 0 saturated heterocycles. The summed E-state index contributed by atoms with van der Waals surface area (Å²) in [6.07, 6.45) is 1.63. The summed E-state index contributed by atoms with van der Waals surface area (Å²) in [5.41, 5.74) is 7.10. The number of aryl methyl sites for hydroxylation is 1. The molecule has 88 valence electrons. The van der Waals surface area contributed by atoms with Crippen LogP contribution in [0.2, 0.25) is 0 Å². The van der Waals surface area contributed by atoms with Gasteiger partial charge in [-0.05, 0) is 17.7 Å². The molecule has 2 rings (SSSR count). The van der Waals surface area contributed by atoms with Crippen LogP contribution in [0.15, 0.2) is 36.5 Å². The molecule has 0 aliphatic rings. The van der Waals surface area contributed by atoms with Gasteiger partial charge in [0.15, 0.2) is 0 Å². The van der Waals surface area contributed by atoms with Crippen molar-refractivity contribution in [3.63, 3.8) is 0 Å². The molecule has 0 aliphatic carbocycles. The molecule has 0 fully saturated rings. The number of nitrogens with two attached hydrogens (primary N) is 1. The number of rotatable bonds is 3. The van der Waals surface area contributed by atoms with E-state index >= 15 is 0 Å². The predicted molar refractivity (Wildman–Crippen MR) is 65.5 cm³/mol. The number of amides is 1. The highest BCUT2D eigenvalue weighted by Crippen LogP contribution is 2.08. The summed E-state index contributed by atoms with van der Waals surface area (Å²) in [5, 5.41) is 6.75. The standard InChI is InChI=1S/C12H14N4O/c1-16-11(6-7-14-16)15-12(17)10-4-2-9(8-13)3-5-10/h2-7H,8,13H2,1H3,(H,15,17). The highest BCUT2D eigenvalue weighted by Gasteiger charge is 2.07. The van der Waals surface area contributed by atoms with Gasteiger partial charge in [-0.3, -0.25) is 9.48 Å². The number of aromatic nitrogens is 2. The molecule has 2 aromatic rings. The molecule has 0 aliphatic heterocycles.